The van der Waals surface area contributed by atoms with Crippen molar-refractivity contribution in [1.29, 1.82) is 0 Å². The smallest absolute Gasteiger partial charge is 0.258 e. The molecule has 3 aromatic heterocycles. The number of nitrogens with one attached hydrogen (secondary N) is 1. The van der Waals surface area contributed by atoms with Crippen molar-refractivity contribution in [2.24, 2.45) is 0 Å². The number of fused-ring (bicyclic) bond motifs is 1. The third-order valence-corrected chi connectivity index (χ3v) is 5.54. The van der Waals surface area contributed by atoms with Gasteiger partial charge in [0.25, 0.3) is 10.0 Å². The lowest BCUT2D eigenvalue weighted by Crippen LogP contribution is -2.24. The third-order valence-electron chi connectivity index (χ3n) is 4.16. The fourth-order valence-corrected chi connectivity index (χ4v) is 3.89. The van der Waals surface area contributed by atoms with Crippen molar-refractivity contribution in [1.82, 2.24) is 23.7 Å². The lowest BCUT2D eigenvalue weighted by Gasteiger charge is -2.08. The van der Waals surface area contributed by atoms with Gasteiger partial charge in [0.2, 0.25) is 0 Å². The van der Waals surface area contributed by atoms with Crippen molar-refractivity contribution in [2.75, 3.05) is 0 Å². The molecule has 132 valence electrons. The zero-order valence-electron chi connectivity index (χ0n) is 14.1. The molecule has 7 nitrogen and oxygen atoms in total. The van der Waals surface area contributed by atoms with Crippen LogP contribution < -0.4 is 4.72 Å². The number of imidazole rings is 2. The fourth-order valence-electron chi connectivity index (χ4n) is 2.79. The second-order valence-corrected chi connectivity index (χ2v) is 7.57. The van der Waals surface area contributed by atoms with Gasteiger partial charge >= 0.3 is 0 Å². The SMILES string of the molecule is Cc1nccn1-c1ccc(CNS(=O)(=O)c2cnc3ccccn23)cc1. The summed E-state index contributed by atoms with van der Waals surface area (Å²) in [4.78, 5) is 8.32. The molecule has 0 radical (unpaired) electrons. The summed E-state index contributed by atoms with van der Waals surface area (Å²) in [6, 6.07) is 13.0. The Morgan fingerprint density at radius 2 is 1.85 bits per heavy atom. The van der Waals surface area contributed by atoms with Gasteiger partial charge in [0, 0.05) is 30.8 Å². The van der Waals surface area contributed by atoms with Crippen LogP contribution in [-0.2, 0) is 16.6 Å². The summed E-state index contributed by atoms with van der Waals surface area (Å²) in [6.45, 7) is 2.13. The van der Waals surface area contributed by atoms with Crippen LogP contribution in [0.4, 0.5) is 0 Å². The Morgan fingerprint density at radius 1 is 1.04 bits per heavy atom. The average molecular weight is 367 g/mol. The molecule has 0 amide bonds. The summed E-state index contributed by atoms with van der Waals surface area (Å²) >= 11 is 0. The van der Waals surface area contributed by atoms with Crippen LogP contribution >= 0.6 is 0 Å². The van der Waals surface area contributed by atoms with Crippen molar-refractivity contribution in [3.05, 3.63) is 78.6 Å². The highest BCUT2D eigenvalue weighted by atomic mass is 32.2. The number of rotatable bonds is 5. The van der Waals surface area contributed by atoms with Crippen molar-refractivity contribution in [3.63, 3.8) is 0 Å². The molecule has 0 spiro atoms. The minimum absolute atomic E-state index is 0.124. The first-order valence-corrected chi connectivity index (χ1v) is 9.54. The van der Waals surface area contributed by atoms with Crippen LogP contribution in [0.1, 0.15) is 11.4 Å². The van der Waals surface area contributed by atoms with Gasteiger partial charge in [-0.25, -0.2) is 23.1 Å². The molecule has 1 aromatic carbocycles. The van der Waals surface area contributed by atoms with Crippen LogP contribution in [0.15, 0.2) is 72.3 Å². The van der Waals surface area contributed by atoms with Crippen LogP contribution in [0.2, 0.25) is 0 Å². The maximum Gasteiger partial charge on any atom is 0.258 e. The number of benzene rings is 1. The highest BCUT2D eigenvalue weighted by molar-refractivity contribution is 7.89. The lowest BCUT2D eigenvalue weighted by atomic mass is 10.2. The van der Waals surface area contributed by atoms with Crippen molar-refractivity contribution < 1.29 is 8.42 Å². The summed E-state index contributed by atoms with van der Waals surface area (Å²) in [6.07, 6.45) is 6.67. The van der Waals surface area contributed by atoms with Crippen LogP contribution in [0, 0.1) is 6.92 Å². The first-order valence-electron chi connectivity index (χ1n) is 8.06. The van der Waals surface area contributed by atoms with Gasteiger partial charge in [-0.05, 0) is 36.8 Å². The van der Waals surface area contributed by atoms with E-state index < -0.39 is 10.0 Å². The first-order chi connectivity index (χ1) is 12.5. The van der Waals surface area contributed by atoms with E-state index in [0.717, 1.165) is 17.1 Å². The van der Waals surface area contributed by atoms with E-state index in [0.29, 0.717) is 5.65 Å². The Morgan fingerprint density at radius 3 is 2.58 bits per heavy atom. The highest BCUT2D eigenvalue weighted by Gasteiger charge is 2.18. The van der Waals surface area contributed by atoms with E-state index in [2.05, 4.69) is 14.7 Å². The molecule has 8 heteroatoms. The van der Waals surface area contributed by atoms with Gasteiger partial charge in [-0.3, -0.25) is 4.40 Å². The number of hydrogen-bond acceptors (Lipinski definition) is 4. The van der Waals surface area contributed by atoms with E-state index in [1.807, 2.05) is 48.0 Å². The Hall–Kier alpha value is -2.97. The minimum atomic E-state index is -3.67. The van der Waals surface area contributed by atoms with Gasteiger partial charge in [0.15, 0.2) is 5.03 Å². The Bertz CT molecular complexity index is 1160. The molecule has 4 aromatic rings. The standard InChI is InChI=1S/C18H17N5O2S/c1-14-19-9-11-22(14)16-7-5-15(6-8-16)12-21-26(24,25)18-13-20-17-4-2-3-10-23(17)18/h2-11,13,21H,12H2,1H3. The van der Waals surface area contributed by atoms with Gasteiger partial charge in [-0.15, -0.1) is 0 Å². The molecule has 26 heavy (non-hydrogen) atoms. The minimum Gasteiger partial charge on any atom is -0.304 e. The Kier molecular flexibility index (Phi) is 4.06. The van der Waals surface area contributed by atoms with Gasteiger partial charge in [0.05, 0.1) is 6.20 Å². The first kappa shape index (κ1) is 16.5. The van der Waals surface area contributed by atoms with Crippen molar-refractivity contribution in [2.45, 2.75) is 18.5 Å². The molecule has 0 aliphatic heterocycles. The molecule has 0 unspecified atom stereocenters. The van der Waals surface area contributed by atoms with E-state index in [-0.39, 0.29) is 11.6 Å². The molecule has 4 rings (SSSR count). The number of aromatic nitrogens is 4. The number of nitrogens with zero attached hydrogens (tertiary/aromatic N) is 4. The largest absolute Gasteiger partial charge is 0.304 e. The lowest BCUT2D eigenvalue weighted by molar-refractivity contribution is 0.576. The molecule has 3 heterocycles. The number of aryl methyl sites for hydroxylation is 1. The van der Waals surface area contributed by atoms with E-state index in [1.54, 1.807) is 28.9 Å². The van der Waals surface area contributed by atoms with Crippen LogP contribution in [0.5, 0.6) is 0 Å². The molecule has 0 bridgehead atoms. The maximum absolute atomic E-state index is 12.6. The summed E-state index contributed by atoms with van der Waals surface area (Å²) < 4.78 is 31.3. The number of sulfonamides is 1. The Labute approximate surface area is 151 Å². The molecule has 0 aliphatic rings. The predicted molar refractivity (Wildman–Crippen MR) is 97.5 cm³/mol. The summed E-state index contributed by atoms with van der Waals surface area (Å²) in [7, 11) is -3.67. The van der Waals surface area contributed by atoms with Crippen molar-refractivity contribution >= 4 is 15.7 Å². The van der Waals surface area contributed by atoms with Gasteiger partial charge in [-0.1, -0.05) is 18.2 Å². The molecular formula is C18H17N5O2S. The zero-order valence-corrected chi connectivity index (χ0v) is 14.9. The highest BCUT2D eigenvalue weighted by Crippen LogP contribution is 2.14. The zero-order chi connectivity index (χ0) is 18.1. The normalized spacial score (nSPS) is 11.9. The third kappa shape index (κ3) is 3.00. The molecular weight excluding hydrogens is 350 g/mol. The van der Waals surface area contributed by atoms with Gasteiger partial charge in [0.1, 0.15) is 11.5 Å². The fraction of sp³-hybridized carbons (Fsp3) is 0.111. The molecule has 0 saturated carbocycles. The van der Waals surface area contributed by atoms with Gasteiger partial charge in [-0.2, -0.15) is 0 Å². The Balaban J connectivity index is 1.52. The second-order valence-electron chi connectivity index (χ2n) is 5.86. The molecule has 1 N–H and O–H groups in total. The summed E-state index contributed by atoms with van der Waals surface area (Å²) in [5.41, 5.74) is 2.44. The van der Waals surface area contributed by atoms with E-state index in [9.17, 15) is 8.42 Å². The molecule has 0 fully saturated rings. The van der Waals surface area contributed by atoms with Crippen molar-refractivity contribution in [3.8, 4) is 5.69 Å². The van der Waals surface area contributed by atoms with Crippen LogP contribution in [0.3, 0.4) is 0 Å². The molecule has 0 aliphatic carbocycles. The quantitative estimate of drug-likeness (QED) is 0.587. The summed E-state index contributed by atoms with van der Waals surface area (Å²) in [5, 5.41) is 0.124. The number of pyridine rings is 1. The topological polar surface area (TPSA) is 81.3 Å². The monoisotopic (exact) mass is 367 g/mol. The maximum atomic E-state index is 12.6. The molecule has 0 atom stereocenters. The van der Waals surface area contributed by atoms with E-state index in [1.165, 1.54) is 6.20 Å². The average Bonchev–Trinajstić information content (AvgIpc) is 3.27. The van der Waals surface area contributed by atoms with Crippen LogP contribution in [-0.4, -0.2) is 27.4 Å². The molecule has 0 saturated heterocycles. The van der Waals surface area contributed by atoms with Gasteiger partial charge < -0.3 is 4.57 Å². The van der Waals surface area contributed by atoms with Crippen LogP contribution in [0.25, 0.3) is 11.3 Å². The summed E-state index contributed by atoms with van der Waals surface area (Å²) in [5.74, 6) is 0.895. The second kappa shape index (κ2) is 6.40. The van der Waals surface area contributed by atoms with E-state index in [4.69, 9.17) is 0 Å². The predicted octanol–water partition coefficient (Wildman–Crippen LogP) is 2.31. The van der Waals surface area contributed by atoms with E-state index >= 15 is 0 Å². The number of hydrogen-bond donors (Lipinski definition) is 1.